The predicted octanol–water partition coefficient (Wildman–Crippen LogP) is 1.36. The summed E-state index contributed by atoms with van der Waals surface area (Å²) in [4.78, 5) is 14.8. The average molecular weight is 427 g/mol. The Morgan fingerprint density at radius 3 is 2.55 bits per heavy atom. The Bertz CT molecular complexity index is 762. The second kappa shape index (κ2) is 10.4. The highest BCUT2D eigenvalue weighted by atomic mass is 32.2. The average Bonchev–Trinajstić information content (AvgIpc) is 2.77. The van der Waals surface area contributed by atoms with E-state index in [1.165, 1.54) is 4.31 Å². The molecule has 3 rings (SSSR count). The van der Waals surface area contributed by atoms with E-state index >= 15 is 0 Å². The van der Waals surface area contributed by atoms with Crippen molar-refractivity contribution in [1.82, 2.24) is 9.21 Å². The van der Waals surface area contributed by atoms with Crippen LogP contribution in [0.5, 0.6) is 5.75 Å². The fourth-order valence-electron chi connectivity index (χ4n) is 3.62. The third-order valence-corrected chi connectivity index (χ3v) is 7.10. The molecule has 2 aliphatic rings. The van der Waals surface area contributed by atoms with Crippen LogP contribution in [0.25, 0.3) is 0 Å². The normalized spacial score (nSPS) is 21.1. The lowest BCUT2D eigenvalue weighted by Crippen LogP contribution is -2.49. The van der Waals surface area contributed by atoms with E-state index in [0.29, 0.717) is 64.8 Å². The molecular formula is C20H30N2O6S. The molecule has 0 saturated carbocycles. The van der Waals surface area contributed by atoms with Gasteiger partial charge in [-0.25, -0.2) is 8.42 Å². The number of morpholine rings is 1. The highest BCUT2D eigenvalue weighted by molar-refractivity contribution is 7.89. The number of piperidine rings is 1. The van der Waals surface area contributed by atoms with E-state index in [4.69, 9.17) is 14.2 Å². The zero-order valence-corrected chi connectivity index (χ0v) is 17.7. The number of carbonyl (C=O) groups is 1. The second-order valence-electron chi connectivity index (χ2n) is 7.16. The van der Waals surface area contributed by atoms with Gasteiger partial charge in [-0.3, -0.25) is 4.79 Å². The smallest absolute Gasteiger partial charge is 0.243 e. The number of amides is 1. The molecule has 0 N–H and O–H groups in total. The summed E-state index contributed by atoms with van der Waals surface area (Å²) in [7, 11) is -3.65. The summed E-state index contributed by atoms with van der Waals surface area (Å²) in [6.07, 6.45) is 1.40. The molecule has 1 aromatic rings. The van der Waals surface area contributed by atoms with Gasteiger partial charge in [-0.1, -0.05) is 0 Å². The van der Waals surface area contributed by atoms with Gasteiger partial charge in [0.25, 0.3) is 0 Å². The highest BCUT2D eigenvalue weighted by Crippen LogP contribution is 2.26. The zero-order chi connectivity index (χ0) is 20.7. The van der Waals surface area contributed by atoms with Crippen LogP contribution >= 0.6 is 0 Å². The summed E-state index contributed by atoms with van der Waals surface area (Å²) in [6.45, 7) is 6.34. The molecule has 29 heavy (non-hydrogen) atoms. The van der Waals surface area contributed by atoms with E-state index in [1.54, 1.807) is 29.2 Å². The van der Waals surface area contributed by atoms with E-state index in [1.807, 2.05) is 6.92 Å². The zero-order valence-electron chi connectivity index (χ0n) is 16.9. The van der Waals surface area contributed by atoms with Gasteiger partial charge in [0.1, 0.15) is 12.4 Å². The SMILES string of the molecule is CCOCCOc1ccc(S(=O)(=O)N2CCCC(C(=O)N3CCOCC3)C2)cc1. The quantitative estimate of drug-likeness (QED) is 0.584. The van der Waals surface area contributed by atoms with Crippen molar-refractivity contribution in [2.45, 2.75) is 24.7 Å². The second-order valence-corrected chi connectivity index (χ2v) is 9.09. The van der Waals surface area contributed by atoms with Gasteiger partial charge in [0.2, 0.25) is 15.9 Å². The number of sulfonamides is 1. The minimum absolute atomic E-state index is 0.0336. The van der Waals surface area contributed by atoms with Crippen LogP contribution in [0.1, 0.15) is 19.8 Å². The minimum atomic E-state index is -3.65. The van der Waals surface area contributed by atoms with Crippen LogP contribution < -0.4 is 4.74 Å². The topological polar surface area (TPSA) is 85.4 Å². The van der Waals surface area contributed by atoms with Crippen LogP contribution in [0.15, 0.2) is 29.2 Å². The Hall–Kier alpha value is -1.68. The van der Waals surface area contributed by atoms with Crippen LogP contribution in [0.4, 0.5) is 0 Å². The van der Waals surface area contributed by atoms with Gasteiger partial charge in [0.05, 0.1) is 30.6 Å². The lowest BCUT2D eigenvalue weighted by Gasteiger charge is -2.35. The van der Waals surface area contributed by atoms with Gasteiger partial charge in [-0.05, 0) is 44.0 Å². The van der Waals surface area contributed by atoms with Gasteiger partial charge < -0.3 is 19.1 Å². The molecule has 9 heteroatoms. The highest BCUT2D eigenvalue weighted by Gasteiger charge is 2.35. The third-order valence-electron chi connectivity index (χ3n) is 5.22. The number of ether oxygens (including phenoxy) is 3. The summed E-state index contributed by atoms with van der Waals surface area (Å²) in [5.74, 6) is 0.340. The van der Waals surface area contributed by atoms with Gasteiger partial charge in [-0.15, -0.1) is 0 Å². The van der Waals surface area contributed by atoms with E-state index in [9.17, 15) is 13.2 Å². The Balaban J connectivity index is 1.61. The van der Waals surface area contributed by atoms with Crippen LogP contribution in [0.2, 0.25) is 0 Å². The molecule has 162 valence electrons. The van der Waals surface area contributed by atoms with E-state index in [-0.39, 0.29) is 23.3 Å². The number of hydrogen-bond donors (Lipinski definition) is 0. The van der Waals surface area contributed by atoms with Crippen LogP contribution in [-0.2, 0) is 24.3 Å². The molecule has 0 radical (unpaired) electrons. The van der Waals surface area contributed by atoms with Crippen LogP contribution in [0.3, 0.4) is 0 Å². The van der Waals surface area contributed by atoms with Crippen molar-refractivity contribution in [3.05, 3.63) is 24.3 Å². The molecular weight excluding hydrogens is 396 g/mol. The van der Waals surface area contributed by atoms with E-state index < -0.39 is 10.0 Å². The molecule has 0 bridgehead atoms. The number of carbonyl (C=O) groups excluding carboxylic acids is 1. The number of rotatable bonds is 8. The van der Waals surface area contributed by atoms with Crippen molar-refractivity contribution < 1.29 is 27.4 Å². The minimum Gasteiger partial charge on any atom is -0.491 e. The Morgan fingerprint density at radius 2 is 1.86 bits per heavy atom. The van der Waals surface area contributed by atoms with Crippen molar-refractivity contribution in [3.8, 4) is 5.75 Å². The standard InChI is InChI=1S/C20H30N2O6S/c1-2-26-14-15-28-18-5-7-19(8-6-18)29(24,25)22-9-3-4-17(16-22)20(23)21-10-12-27-13-11-21/h5-8,17H,2-4,9-16H2,1H3. The first-order chi connectivity index (χ1) is 14.0. The Kier molecular flexibility index (Phi) is 7.88. The first-order valence-corrected chi connectivity index (χ1v) is 11.6. The molecule has 1 atom stereocenters. The van der Waals surface area contributed by atoms with Gasteiger partial charge in [0, 0.05) is 32.8 Å². The first-order valence-electron chi connectivity index (χ1n) is 10.2. The molecule has 0 spiro atoms. The molecule has 2 aliphatic heterocycles. The van der Waals surface area contributed by atoms with E-state index in [2.05, 4.69) is 0 Å². The molecule has 8 nitrogen and oxygen atoms in total. The first kappa shape index (κ1) is 22.0. The molecule has 1 unspecified atom stereocenters. The van der Waals surface area contributed by atoms with Gasteiger partial charge in [-0.2, -0.15) is 4.31 Å². The van der Waals surface area contributed by atoms with Crippen molar-refractivity contribution in [2.75, 3.05) is 59.2 Å². The maximum atomic E-state index is 13.1. The summed E-state index contributed by atoms with van der Waals surface area (Å²) in [5, 5.41) is 0. The monoisotopic (exact) mass is 426 g/mol. The van der Waals surface area contributed by atoms with E-state index in [0.717, 1.165) is 6.42 Å². The summed E-state index contributed by atoms with van der Waals surface area (Å²) in [5.41, 5.74) is 0. The number of hydrogen-bond acceptors (Lipinski definition) is 6. The summed E-state index contributed by atoms with van der Waals surface area (Å²) < 4.78 is 43.6. The number of benzene rings is 1. The predicted molar refractivity (Wildman–Crippen MR) is 107 cm³/mol. The number of nitrogens with zero attached hydrogens (tertiary/aromatic N) is 2. The summed E-state index contributed by atoms with van der Waals surface area (Å²) >= 11 is 0. The fourth-order valence-corrected chi connectivity index (χ4v) is 5.15. The van der Waals surface area contributed by atoms with Crippen LogP contribution in [-0.4, -0.2) is 82.7 Å². The molecule has 0 aromatic heterocycles. The van der Waals surface area contributed by atoms with Gasteiger partial charge >= 0.3 is 0 Å². The van der Waals surface area contributed by atoms with Crippen molar-refractivity contribution in [1.29, 1.82) is 0 Å². The van der Waals surface area contributed by atoms with Crippen LogP contribution in [0, 0.1) is 5.92 Å². The molecule has 1 aromatic carbocycles. The fraction of sp³-hybridized carbons (Fsp3) is 0.650. The maximum absolute atomic E-state index is 13.1. The lowest BCUT2D eigenvalue weighted by atomic mass is 9.98. The Labute approximate surface area is 172 Å². The summed E-state index contributed by atoms with van der Waals surface area (Å²) in [6, 6.07) is 6.41. The maximum Gasteiger partial charge on any atom is 0.243 e. The van der Waals surface area contributed by atoms with Gasteiger partial charge in [0.15, 0.2) is 0 Å². The lowest BCUT2D eigenvalue weighted by molar-refractivity contribution is -0.140. The van der Waals surface area contributed by atoms with Crippen molar-refractivity contribution in [3.63, 3.8) is 0 Å². The Morgan fingerprint density at radius 1 is 1.14 bits per heavy atom. The van der Waals surface area contributed by atoms with Crippen molar-refractivity contribution in [2.24, 2.45) is 5.92 Å². The molecule has 2 saturated heterocycles. The molecule has 1 amide bonds. The largest absolute Gasteiger partial charge is 0.491 e. The molecule has 2 heterocycles. The van der Waals surface area contributed by atoms with Crippen molar-refractivity contribution >= 4 is 15.9 Å². The molecule has 0 aliphatic carbocycles. The molecule has 2 fully saturated rings. The third kappa shape index (κ3) is 5.69.